The Labute approximate surface area is 201 Å². The number of rotatable bonds is 5. The number of aliphatic hydroxyl groups is 1. The van der Waals surface area contributed by atoms with Gasteiger partial charge in [-0.3, -0.25) is 19.5 Å². The molecule has 4 rings (SSSR count). The molecule has 168 valence electrons. The van der Waals surface area contributed by atoms with Gasteiger partial charge < -0.3 is 9.84 Å². The quantitative estimate of drug-likeness (QED) is 0.291. The van der Waals surface area contributed by atoms with Gasteiger partial charge in [0.1, 0.15) is 5.76 Å². The molecule has 2 heterocycles. The Hall–Kier alpha value is -3.35. The summed E-state index contributed by atoms with van der Waals surface area (Å²) in [6.45, 7) is 2.03. The van der Waals surface area contributed by atoms with E-state index in [0.717, 1.165) is 12.0 Å². The lowest BCUT2D eigenvalue weighted by molar-refractivity contribution is -0.132. The fourth-order valence-electron chi connectivity index (χ4n) is 3.89. The van der Waals surface area contributed by atoms with Crippen LogP contribution in [0.1, 0.15) is 29.7 Å². The molecule has 2 aromatic carbocycles. The van der Waals surface area contributed by atoms with Crippen LogP contribution >= 0.6 is 23.2 Å². The molecule has 1 amide bonds. The first-order chi connectivity index (χ1) is 15.9. The third-order valence-corrected chi connectivity index (χ3v) is 6.10. The average molecular weight is 483 g/mol. The molecular formula is C25H20Cl2N2O4. The van der Waals surface area contributed by atoms with Crippen molar-refractivity contribution >= 4 is 46.3 Å². The van der Waals surface area contributed by atoms with E-state index in [-0.39, 0.29) is 32.7 Å². The second-order valence-corrected chi connectivity index (χ2v) is 8.26. The van der Waals surface area contributed by atoms with Gasteiger partial charge in [-0.15, -0.1) is 0 Å². The van der Waals surface area contributed by atoms with Crippen LogP contribution in [-0.4, -0.2) is 28.9 Å². The van der Waals surface area contributed by atoms with Gasteiger partial charge in [0, 0.05) is 23.6 Å². The number of ether oxygens (including phenoxy) is 1. The summed E-state index contributed by atoms with van der Waals surface area (Å²) in [6, 6.07) is 12.8. The predicted molar refractivity (Wildman–Crippen MR) is 128 cm³/mol. The van der Waals surface area contributed by atoms with Crippen LogP contribution in [-0.2, 0) is 16.0 Å². The predicted octanol–water partition coefficient (Wildman–Crippen LogP) is 5.59. The number of methoxy groups -OCH3 is 1. The first-order valence-electron chi connectivity index (χ1n) is 10.2. The minimum atomic E-state index is -0.883. The Balaban J connectivity index is 1.92. The first-order valence-corrected chi connectivity index (χ1v) is 11.0. The summed E-state index contributed by atoms with van der Waals surface area (Å²) in [6.07, 6.45) is 3.99. The van der Waals surface area contributed by atoms with Gasteiger partial charge in [0.2, 0.25) is 0 Å². The van der Waals surface area contributed by atoms with E-state index in [9.17, 15) is 14.7 Å². The van der Waals surface area contributed by atoms with Gasteiger partial charge in [-0.25, -0.2) is 0 Å². The van der Waals surface area contributed by atoms with E-state index in [4.69, 9.17) is 27.9 Å². The largest absolute Gasteiger partial charge is 0.507 e. The highest BCUT2D eigenvalue weighted by atomic mass is 35.5. The number of amides is 1. The molecule has 0 aliphatic carbocycles. The van der Waals surface area contributed by atoms with E-state index in [2.05, 4.69) is 4.98 Å². The van der Waals surface area contributed by atoms with Crippen LogP contribution in [0.3, 0.4) is 0 Å². The van der Waals surface area contributed by atoms with Crippen molar-refractivity contribution in [3.63, 3.8) is 0 Å². The van der Waals surface area contributed by atoms with E-state index in [0.29, 0.717) is 11.3 Å². The number of anilines is 1. The average Bonchev–Trinajstić information content (AvgIpc) is 3.09. The highest BCUT2D eigenvalue weighted by Gasteiger charge is 2.47. The zero-order chi connectivity index (χ0) is 23.7. The summed E-state index contributed by atoms with van der Waals surface area (Å²) in [7, 11) is 1.42. The van der Waals surface area contributed by atoms with E-state index in [1.54, 1.807) is 36.7 Å². The molecule has 1 aromatic heterocycles. The molecule has 8 heteroatoms. The lowest BCUT2D eigenvalue weighted by Crippen LogP contribution is -2.29. The van der Waals surface area contributed by atoms with E-state index < -0.39 is 17.7 Å². The number of hydrogen-bond donors (Lipinski definition) is 1. The summed E-state index contributed by atoms with van der Waals surface area (Å²) in [5.74, 6) is -1.71. The van der Waals surface area contributed by atoms with E-state index >= 15 is 0 Å². The Kier molecular flexibility index (Phi) is 6.40. The number of halogens is 2. The minimum Gasteiger partial charge on any atom is -0.507 e. The summed E-state index contributed by atoms with van der Waals surface area (Å²) >= 11 is 12.5. The number of carbonyl (C=O) groups is 2. The summed E-state index contributed by atoms with van der Waals surface area (Å²) in [5, 5.41) is 11.5. The lowest BCUT2D eigenvalue weighted by atomic mass is 9.96. The maximum atomic E-state index is 13.2. The number of aromatic nitrogens is 1. The molecule has 1 N–H and O–H groups in total. The van der Waals surface area contributed by atoms with Crippen molar-refractivity contribution in [2.24, 2.45) is 0 Å². The molecule has 1 fully saturated rings. The Bertz CT molecular complexity index is 1230. The number of nitrogens with zero attached hydrogens (tertiary/aromatic N) is 2. The third-order valence-electron chi connectivity index (χ3n) is 5.54. The van der Waals surface area contributed by atoms with Crippen molar-refractivity contribution < 1.29 is 19.4 Å². The molecule has 3 aromatic rings. The molecular weight excluding hydrogens is 463 g/mol. The van der Waals surface area contributed by atoms with Gasteiger partial charge in [0.15, 0.2) is 5.75 Å². The molecule has 0 saturated carbocycles. The molecule has 0 spiro atoms. The molecule has 6 nitrogen and oxygen atoms in total. The van der Waals surface area contributed by atoms with Gasteiger partial charge in [-0.1, -0.05) is 48.3 Å². The molecule has 0 bridgehead atoms. The number of benzene rings is 2. The first kappa shape index (κ1) is 22.8. The van der Waals surface area contributed by atoms with Gasteiger partial charge >= 0.3 is 0 Å². The number of Topliss-reactive ketones (excluding diaryl/α,β-unsaturated/α-hetero) is 1. The number of carbonyl (C=O) groups excluding carboxylic acids is 2. The molecule has 1 saturated heterocycles. The van der Waals surface area contributed by atoms with Gasteiger partial charge in [-0.05, 0) is 47.9 Å². The Morgan fingerprint density at radius 3 is 2.33 bits per heavy atom. The molecule has 1 aliphatic rings. The van der Waals surface area contributed by atoms with E-state index in [1.165, 1.54) is 24.1 Å². The van der Waals surface area contributed by atoms with E-state index in [1.807, 2.05) is 19.1 Å². The lowest BCUT2D eigenvalue weighted by Gasteiger charge is -2.25. The molecule has 1 atom stereocenters. The summed E-state index contributed by atoms with van der Waals surface area (Å²) < 4.78 is 5.16. The summed E-state index contributed by atoms with van der Waals surface area (Å²) in [5.41, 5.74) is 2.32. The van der Waals surface area contributed by atoms with Crippen molar-refractivity contribution in [2.45, 2.75) is 19.4 Å². The number of hydrogen-bond acceptors (Lipinski definition) is 5. The fraction of sp³-hybridized carbons (Fsp3) is 0.160. The van der Waals surface area contributed by atoms with Gasteiger partial charge in [0.25, 0.3) is 11.7 Å². The maximum absolute atomic E-state index is 13.2. The van der Waals surface area contributed by atoms with Crippen LogP contribution in [0.4, 0.5) is 5.69 Å². The molecule has 1 unspecified atom stereocenters. The number of ketones is 1. The number of pyridine rings is 1. The highest BCUT2D eigenvalue weighted by molar-refractivity contribution is 6.51. The second-order valence-electron chi connectivity index (χ2n) is 7.45. The van der Waals surface area contributed by atoms with Crippen molar-refractivity contribution in [3.8, 4) is 5.75 Å². The monoisotopic (exact) mass is 482 g/mol. The Morgan fingerprint density at radius 1 is 1.12 bits per heavy atom. The smallest absolute Gasteiger partial charge is 0.300 e. The van der Waals surface area contributed by atoms with Crippen LogP contribution in [0.5, 0.6) is 5.75 Å². The summed E-state index contributed by atoms with van der Waals surface area (Å²) in [4.78, 5) is 31.9. The second kappa shape index (κ2) is 9.25. The van der Waals surface area contributed by atoms with Crippen LogP contribution in [0.15, 0.2) is 66.5 Å². The van der Waals surface area contributed by atoms with Crippen molar-refractivity contribution in [2.75, 3.05) is 12.0 Å². The van der Waals surface area contributed by atoms with Crippen LogP contribution in [0.2, 0.25) is 10.0 Å². The van der Waals surface area contributed by atoms with Gasteiger partial charge in [0.05, 0.1) is 28.8 Å². The Morgan fingerprint density at radius 2 is 1.79 bits per heavy atom. The van der Waals surface area contributed by atoms with Gasteiger partial charge in [-0.2, -0.15) is 0 Å². The van der Waals surface area contributed by atoms with Crippen molar-refractivity contribution in [1.29, 1.82) is 0 Å². The SMILES string of the molecule is CCc1ccc(N2C(=O)C(=O)/C(=C(/O)c3cc(Cl)c(OC)c(Cl)c3)C2c2cccnc2)cc1. The standard InChI is InChI=1S/C25H20Cl2N2O4/c1-3-14-6-8-17(9-7-14)29-21(15-5-4-10-28-13-15)20(23(31)25(29)32)22(30)16-11-18(26)24(33-2)19(27)12-16/h4-13,21,30H,3H2,1-2H3/b22-20+. The molecule has 1 aliphatic heterocycles. The third kappa shape index (κ3) is 4.08. The normalized spacial score (nSPS) is 17.5. The van der Waals surface area contributed by atoms with Crippen molar-refractivity contribution in [3.05, 3.63) is 93.2 Å². The van der Waals surface area contributed by atoms with Crippen LogP contribution in [0.25, 0.3) is 5.76 Å². The highest BCUT2D eigenvalue weighted by Crippen LogP contribution is 2.43. The molecule has 33 heavy (non-hydrogen) atoms. The minimum absolute atomic E-state index is 0.0788. The number of aryl methyl sites for hydroxylation is 1. The fourth-order valence-corrected chi connectivity index (χ4v) is 4.53. The van der Waals surface area contributed by atoms with Crippen molar-refractivity contribution in [1.82, 2.24) is 4.98 Å². The zero-order valence-electron chi connectivity index (χ0n) is 17.9. The van der Waals surface area contributed by atoms with Crippen LogP contribution in [0, 0.1) is 0 Å². The topological polar surface area (TPSA) is 79.7 Å². The maximum Gasteiger partial charge on any atom is 0.300 e. The molecule has 0 radical (unpaired) electrons. The zero-order valence-corrected chi connectivity index (χ0v) is 19.4. The van der Waals surface area contributed by atoms with Crippen LogP contribution < -0.4 is 9.64 Å². The number of aliphatic hydroxyl groups excluding tert-OH is 1.